The normalized spacial score (nSPS) is 11.0. The SMILES string of the molecule is CCNC(=O)CNC(=O)c1cc(C(C)C)nc2onc(C)c12. The molecule has 0 saturated heterocycles. The molecule has 2 rings (SSSR count). The average Bonchev–Trinajstić information content (AvgIpc) is 2.85. The second-order valence-electron chi connectivity index (χ2n) is 5.33. The molecule has 0 aliphatic carbocycles. The van der Waals surface area contributed by atoms with E-state index in [-0.39, 0.29) is 24.3 Å². The molecule has 2 amide bonds. The molecule has 0 saturated carbocycles. The fourth-order valence-electron chi connectivity index (χ4n) is 2.10. The molecule has 7 heteroatoms. The minimum atomic E-state index is -0.341. The second kappa shape index (κ2) is 6.55. The van der Waals surface area contributed by atoms with Gasteiger partial charge in [-0.15, -0.1) is 0 Å². The van der Waals surface area contributed by atoms with E-state index in [0.29, 0.717) is 28.9 Å². The van der Waals surface area contributed by atoms with Crippen molar-refractivity contribution >= 4 is 22.9 Å². The van der Waals surface area contributed by atoms with E-state index in [1.165, 1.54) is 0 Å². The lowest BCUT2D eigenvalue weighted by atomic mass is 10.0. The van der Waals surface area contributed by atoms with Crippen molar-refractivity contribution in [1.29, 1.82) is 0 Å². The Bertz CT molecular complexity index is 706. The highest BCUT2D eigenvalue weighted by atomic mass is 16.5. The summed E-state index contributed by atoms with van der Waals surface area (Å²) in [6.07, 6.45) is 0. The summed E-state index contributed by atoms with van der Waals surface area (Å²) in [5.41, 5.74) is 2.11. The predicted octanol–water partition coefficient (Wildman–Crippen LogP) is 1.52. The Kier molecular flexibility index (Phi) is 4.75. The van der Waals surface area contributed by atoms with Crippen LogP contribution >= 0.6 is 0 Å². The standard InChI is InChI=1S/C15H20N4O3/c1-5-16-12(20)7-17-14(21)10-6-11(8(2)3)18-15-13(10)9(4)19-22-15/h6,8H,5,7H2,1-4H3,(H,16,20)(H,17,21). The lowest BCUT2D eigenvalue weighted by Crippen LogP contribution is -2.36. The first-order valence-corrected chi connectivity index (χ1v) is 7.25. The number of amides is 2. The van der Waals surface area contributed by atoms with Crippen molar-refractivity contribution in [2.45, 2.75) is 33.6 Å². The van der Waals surface area contributed by atoms with Crippen LogP contribution in [0.3, 0.4) is 0 Å². The number of aryl methyl sites for hydroxylation is 1. The van der Waals surface area contributed by atoms with Gasteiger partial charge in [0.15, 0.2) is 0 Å². The van der Waals surface area contributed by atoms with Gasteiger partial charge >= 0.3 is 0 Å². The molecule has 7 nitrogen and oxygen atoms in total. The monoisotopic (exact) mass is 304 g/mol. The van der Waals surface area contributed by atoms with Crippen LogP contribution in [0.4, 0.5) is 0 Å². The quantitative estimate of drug-likeness (QED) is 0.873. The van der Waals surface area contributed by atoms with E-state index in [0.717, 1.165) is 5.69 Å². The maximum Gasteiger partial charge on any atom is 0.259 e. The summed E-state index contributed by atoms with van der Waals surface area (Å²) < 4.78 is 5.17. The van der Waals surface area contributed by atoms with Crippen LogP contribution in [-0.4, -0.2) is 35.0 Å². The number of carbonyl (C=O) groups is 2. The van der Waals surface area contributed by atoms with E-state index in [4.69, 9.17) is 4.52 Å². The van der Waals surface area contributed by atoms with Crippen LogP contribution in [0.2, 0.25) is 0 Å². The lowest BCUT2D eigenvalue weighted by Gasteiger charge is -2.09. The summed E-state index contributed by atoms with van der Waals surface area (Å²) in [4.78, 5) is 28.2. The number of aromatic nitrogens is 2. The third-order valence-electron chi connectivity index (χ3n) is 3.26. The number of fused-ring (bicyclic) bond motifs is 1. The van der Waals surface area contributed by atoms with E-state index in [2.05, 4.69) is 20.8 Å². The number of rotatable bonds is 5. The Labute approximate surface area is 128 Å². The number of hydrogen-bond donors (Lipinski definition) is 2. The van der Waals surface area contributed by atoms with E-state index >= 15 is 0 Å². The number of nitrogens with one attached hydrogen (secondary N) is 2. The van der Waals surface area contributed by atoms with Gasteiger partial charge in [-0.05, 0) is 25.8 Å². The van der Waals surface area contributed by atoms with Gasteiger partial charge in [0.2, 0.25) is 5.91 Å². The number of nitrogens with zero attached hydrogens (tertiary/aromatic N) is 2. The summed E-state index contributed by atoms with van der Waals surface area (Å²) in [7, 11) is 0. The maximum absolute atomic E-state index is 12.4. The first kappa shape index (κ1) is 15.9. The fraction of sp³-hybridized carbons (Fsp3) is 0.467. The summed E-state index contributed by atoms with van der Waals surface area (Å²) in [5.74, 6) is -0.427. The molecule has 118 valence electrons. The molecular weight excluding hydrogens is 284 g/mol. The molecule has 22 heavy (non-hydrogen) atoms. The van der Waals surface area contributed by atoms with Gasteiger partial charge in [0.1, 0.15) is 0 Å². The van der Waals surface area contributed by atoms with Gasteiger partial charge in [-0.3, -0.25) is 9.59 Å². The highest BCUT2D eigenvalue weighted by molar-refractivity contribution is 6.06. The van der Waals surface area contributed by atoms with Crippen LogP contribution in [-0.2, 0) is 4.79 Å². The molecule has 0 unspecified atom stereocenters. The Morgan fingerprint density at radius 3 is 2.68 bits per heavy atom. The summed E-state index contributed by atoms with van der Waals surface area (Å²) in [5, 5.41) is 9.69. The first-order valence-electron chi connectivity index (χ1n) is 7.25. The van der Waals surface area contributed by atoms with E-state index in [1.807, 2.05) is 20.8 Å². The Balaban J connectivity index is 2.33. The van der Waals surface area contributed by atoms with Crippen LogP contribution < -0.4 is 10.6 Å². The summed E-state index contributed by atoms with van der Waals surface area (Å²) >= 11 is 0. The number of carbonyl (C=O) groups excluding carboxylic acids is 2. The second-order valence-corrected chi connectivity index (χ2v) is 5.33. The van der Waals surface area contributed by atoms with Crippen molar-refractivity contribution < 1.29 is 14.1 Å². The van der Waals surface area contributed by atoms with Gasteiger partial charge in [0.25, 0.3) is 11.6 Å². The van der Waals surface area contributed by atoms with Crippen LogP contribution in [0.1, 0.15) is 48.4 Å². The number of hydrogen-bond acceptors (Lipinski definition) is 5. The molecule has 2 heterocycles. The zero-order valence-corrected chi connectivity index (χ0v) is 13.2. The molecule has 0 aliphatic rings. The van der Waals surface area contributed by atoms with Crippen LogP contribution in [0.25, 0.3) is 11.1 Å². The van der Waals surface area contributed by atoms with Gasteiger partial charge < -0.3 is 15.2 Å². The van der Waals surface area contributed by atoms with Gasteiger partial charge in [-0.2, -0.15) is 0 Å². The zero-order chi connectivity index (χ0) is 16.3. The third-order valence-corrected chi connectivity index (χ3v) is 3.26. The van der Waals surface area contributed by atoms with Crippen molar-refractivity contribution in [3.05, 3.63) is 23.0 Å². The Morgan fingerprint density at radius 1 is 1.32 bits per heavy atom. The van der Waals surface area contributed by atoms with Crippen molar-refractivity contribution in [2.24, 2.45) is 0 Å². The lowest BCUT2D eigenvalue weighted by molar-refractivity contribution is -0.120. The molecule has 0 atom stereocenters. The zero-order valence-electron chi connectivity index (χ0n) is 13.2. The summed E-state index contributed by atoms with van der Waals surface area (Å²) in [6.45, 7) is 7.99. The van der Waals surface area contributed by atoms with Gasteiger partial charge in [0.05, 0.1) is 23.2 Å². The number of likely N-dealkylation sites (N-methyl/N-ethyl adjacent to an activating group) is 1. The van der Waals surface area contributed by atoms with Crippen molar-refractivity contribution in [1.82, 2.24) is 20.8 Å². The summed E-state index contributed by atoms with van der Waals surface area (Å²) in [6, 6.07) is 1.73. The minimum absolute atomic E-state index is 0.0716. The van der Waals surface area contributed by atoms with Crippen LogP contribution in [0.15, 0.2) is 10.6 Å². The van der Waals surface area contributed by atoms with Crippen molar-refractivity contribution in [3.8, 4) is 0 Å². The average molecular weight is 304 g/mol. The van der Waals surface area contributed by atoms with E-state index in [1.54, 1.807) is 13.0 Å². The molecule has 2 aromatic rings. The number of pyridine rings is 1. The molecule has 0 fully saturated rings. The molecular formula is C15H20N4O3. The van der Waals surface area contributed by atoms with E-state index < -0.39 is 0 Å². The van der Waals surface area contributed by atoms with Crippen molar-refractivity contribution in [2.75, 3.05) is 13.1 Å². The van der Waals surface area contributed by atoms with Crippen LogP contribution in [0.5, 0.6) is 0 Å². The van der Waals surface area contributed by atoms with Crippen LogP contribution in [0, 0.1) is 6.92 Å². The highest BCUT2D eigenvalue weighted by Crippen LogP contribution is 2.24. The van der Waals surface area contributed by atoms with Crippen molar-refractivity contribution in [3.63, 3.8) is 0 Å². The molecule has 0 aromatic carbocycles. The molecule has 0 aliphatic heterocycles. The molecule has 2 N–H and O–H groups in total. The fourth-order valence-corrected chi connectivity index (χ4v) is 2.10. The maximum atomic E-state index is 12.4. The molecule has 2 aromatic heterocycles. The van der Waals surface area contributed by atoms with E-state index in [9.17, 15) is 9.59 Å². The smallest absolute Gasteiger partial charge is 0.259 e. The molecule has 0 spiro atoms. The van der Waals surface area contributed by atoms with Gasteiger partial charge in [0, 0.05) is 12.2 Å². The first-order chi connectivity index (χ1) is 10.4. The van der Waals surface area contributed by atoms with Gasteiger partial charge in [-0.25, -0.2) is 4.98 Å². The largest absolute Gasteiger partial charge is 0.355 e. The Hall–Kier alpha value is -2.44. The molecule has 0 bridgehead atoms. The third kappa shape index (κ3) is 3.24. The van der Waals surface area contributed by atoms with Gasteiger partial charge in [-0.1, -0.05) is 19.0 Å². The highest BCUT2D eigenvalue weighted by Gasteiger charge is 2.19. The molecule has 0 radical (unpaired) electrons. The minimum Gasteiger partial charge on any atom is -0.355 e. The predicted molar refractivity (Wildman–Crippen MR) is 81.6 cm³/mol. The topological polar surface area (TPSA) is 97.1 Å². The Morgan fingerprint density at radius 2 is 2.05 bits per heavy atom.